The molecule has 0 saturated carbocycles. The number of pyridine rings is 1. The lowest BCUT2D eigenvalue weighted by atomic mass is 10.1. The Morgan fingerprint density at radius 2 is 1.70 bits per heavy atom. The van der Waals surface area contributed by atoms with Gasteiger partial charge in [0, 0.05) is 17.2 Å². The van der Waals surface area contributed by atoms with E-state index in [4.69, 9.17) is 56.2 Å². The van der Waals surface area contributed by atoms with Gasteiger partial charge in [-0.15, -0.1) is 0 Å². The monoisotopic (exact) mass is 532 g/mol. The van der Waals surface area contributed by atoms with Gasteiger partial charge in [0.1, 0.15) is 22.2 Å². The molecule has 1 aromatic heterocycles. The fourth-order valence-electron chi connectivity index (χ4n) is 2.26. The molecule has 3 rings (SSSR count). The maximum Gasteiger partial charge on any atom is 0.356 e. The summed E-state index contributed by atoms with van der Waals surface area (Å²) in [5.74, 6) is -1.51. The molecular weight excluding hydrogens is 522 g/mol. The summed E-state index contributed by atoms with van der Waals surface area (Å²) >= 11 is 22.7. The summed E-state index contributed by atoms with van der Waals surface area (Å²) in [7, 11) is 1.13. The minimum Gasteiger partial charge on any atom is -0.476 e. The number of aromatic carboxylic acids is 1. The smallest absolute Gasteiger partial charge is 0.356 e. The van der Waals surface area contributed by atoms with Gasteiger partial charge in [-0.05, 0) is 36.4 Å². The van der Waals surface area contributed by atoms with Gasteiger partial charge in [0.2, 0.25) is 0 Å². The van der Waals surface area contributed by atoms with E-state index in [9.17, 15) is 19.7 Å². The van der Waals surface area contributed by atoms with Crippen molar-refractivity contribution in [1.82, 2.24) is 4.98 Å². The van der Waals surface area contributed by atoms with Crippen LogP contribution in [0.25, 0.3) is 0 Å². The summed E-state index contributed by atoms with van der Waals surface area (Å²) in [6.45, 7) is 0. The van der Waals surface area contributed by atoms with Crippen LogP contribution in [0.2, 0.25) is 20.2 Å². The Hall–Kier alpha value is -3.11. The SMILES string of the molecule is COC(=O)c1cc(Oc2ccc(Cl)cc2Cl)ccc1[N+](=O)[O-].O=C(O)c1nc(Cl)ccc1Cl. The highest BCUT2D eigenvalue weighted by atomic mass is 35.5. The molecule has 0 aliphatic rings. The Balaban J connectivity index is 0.000000294. The lowest BCUT2D eigenvalue weighted by Crippen LogP contribution is -2.05. The molecule has 0 aliphatic carbocycles. The van der Waals surface area contributed by atoms with E-state index in [1.807, 2.05) is 0 Å². The van der Waals surface area contributed by atoms with Gasteiger partial charge in [-0.25, -0.2) is 14.6 Å². The third-order valence-corrected chi connectivity index (χ3v) is 4.75. The van der Waals surface area contributed by atoms with Crippen LogP contribution in [0, 0.1) is 10.1 Å². The topological polar surface area (TPSA) is 129 Å². The molecule has 0 spiro atoms. The van der Waals surface area contributed by atoms with Crippen LogP contribution in [0.1, 0.15) is 20.8 Å². The zero-order valence-corrected chi connectivity index (χ0v) is 19.4. The van der Waals surface area contributed by atoms with Crippen LogP contribution in [-0.2, 0) is 4.74 Å². The number of hydrogen-bond donors (Lipinski definition) is 1. The van der Waals surface area contributed by atoms with Crippen LogP contribution in [0.4, 0.5) is 5.69 Å². The molecule has 9 nitrogen and oxygen atoms in total. The number of nitro groups is 1. The second-order valence-corrected chi connectivity index (χ2v) is 7.51. The van der Waals surface area contributed by atoms with Crippen LogP contribution in [0.15, 0.2) is 48.5 Å². The zero-order chi connectivity index (χ0) is 24.7. The normalized spacial score (nSPS) is 9.97. The predicted molar refractivity (Wildman–Crippen MR) is 122 cm³/mol. The highest BCUT2D eigenvalue weighted by Gasteiger charge is 2.22. The van der Waals surface area contributed by atoms with Gasteiger partial charge in [0.15, 0.2) is 5.69 Å². The van der Waals surface area contributed by atoms with E-state index in [2.05, 4.69) is 9.72 Å². The van der Waals surface area contributed by atoms with Gasteiger partial charge in [-0.1, -0.05) is 46.4 Å². The number of halogens is 4. The largest absolute Gasteiger partial charge is 0.476 e. The number of carboxylic acid groups (broad SMARTS) is 1. The Kier molecular flexibility index (Phi) is 9.24. The molecule has 0 aliphatic heterocycles. The standard InChI is InChI=1S/C14H9Cl2NO5.C6H3Cl2NO2/c1-21-14(18)10-7-9(3-4-12(10)17(19)20)22-13-5-2-8(15)6-11(13)16;7-3-1-2-4(8)9-5(3)6(10)11/h2-7H,1H3;1-2H,(H,10,11). The third kappa shape index (κ3) is 7.19. The molecule has 0 fully saturated rings. The van der Waals surface area contributed by atoms with Gasteiger partial charge < -0.3 is 14.6 Å². The lowest BCUT2D eigenvalue weighted by Gasteiger charge is -2.09. The Morgan fingerprint density at radius 3 is 2.24 bits per heavy atom. The minimum atomic E-state index is -1.18. The van der Waals surface area contributed by atoms with E-state index < -0.39 is 16.9 Å². The van der Waals surface area contributed by atoms with E-state index in [1.54, 1.807) is 12.1 Å². The van der Waals surface area contributed by atoms with Crippen molar-refractivity contribution in [2.24, 2.45) is 0 Å². The molecule has 1 N–H and O–H groups in total. The minimum absolute atomic E-state index is 0.0851. The van der Waals surface area contributed by atoms with E-state index in [1.165, 1.54) is 30.3 Å². The van der Waals surface area contributed by atoms with Gasteiger partial charge >= 0.3 is 11.9 Å². The van der Waals surface area contributed by atoms with Crippen LogP contribution < -0.4 is 4.74 Å². The summed E-state index contributed by atoms with van der Waals surface area (Å²) < 4.78 is 10.0. The van der Waals surface area contributed by atoms with Crippen molar-refractivity contribution in [1.29, 1.82) is 0 Å². The highest BCUT2D eigenvalue weighted by molar-refractivity contribution is 6.35. The van der Waals surface area contributed by atoms with Crippen molar-refractivity contribution in [2.45, 2.75) is 0 Å². The fraction of sp³-hybridized carbons (Fsp3) is 0.0500. The molecule has 0 bridgehead atoms. The first kappa shape index (κ1) is 26.1. The molecule has 0 amide bonds. The van der Waals surface area contributed by atoms with E-state index in [0.29, 0.717) is 10.8 Å². The second kappa shape index (κ2) is 11.7. The van der Waals surface area contributed by atoms with Crippen molar-refractivity contribution in [2.75, 3.05) is 7.11 Å². The maximum absolute atomic E-state index is 11.6. The van der Waals surface area contributed by atoms with Crippen molar-refractivity contribution in [3.05, 3.63) is 90.1 Å². The molecule has 172 valence electrons. The molecule has 0 unspecified atom stereocenters. The lowest BCUT2D eigenvalue weighted by molar-refractivity contribution is -0.385. The Morgan fingerprint density at radius 1 is 1.00 bits per heavy atom. The predicted octanol–water partition coefficient (Wildman–Crippen LogP) is 6.57. The quantitative estimate of drug-likeness (QED) is 0.169. The number of esters is 1. The average molecular weight is 534 g/mol. The zero-order valence-electron chi connectivity index (χ0n) is 16.4. The first-order chi connectivity index (χ1) is 15.5. The molecular formula is C20H12Cl4N2O7. The number of rotatable bonds is 5. The summed E-state index contributed by atoms with van der Waals surface area (Å²) in [5, 5.41) is 20.3. The summed E-state index contributed by atoms with van der Waals surface area (Å²) in [4.78, 5) is 35.8. The van der Waals surface area contributed by atoms with Crippen LogP contribution >= 0.6 is 46.4 Å². The number of aromatic nitrogens is 1. The number of nitrogens with zero attached hydrogens (tertiary/aromatic N) is 2. The van der Waals surface area contributed by atoms with E-state index in [-0.39, 0.29) is 37.9 Å². The van der Waals surface area contributed by atoms with E-state index >= 15 is 0 Å². The summed E-state index contributed by atoms with van der Waals surface area (Å²) in [5.41, 5.74) is -0.810. The third-order valence-electron chi connectivity index (χ3n) is 3.71. The molecule has 2 aromatic carbocycles. The highest BCUT2D eigenvalue weighted by Crippen LogP contribution is 2.33. The van der Waals surface area contributed by atoms with Crippen LogP contribution in [-0.4, -0.2) is 34.1 Å². The first-order valence-electron chi connectivity index (χ1n) is 8.58. The van der Waals surface area contributed by atoms with E-state index in [0.717, 1.165) is 13.2 Å². The number of carboxylic acids is 1. The Labute approximate surface area is 206 Å². The summed E-state index contributed by atoms with van der Waals surface area (Å²) in [6, 6.07) is 11.2. The molecule has 0 radical (unpaired) electrons. The summed E-state index contributed by atoms with van der Waals surface area (Å²) in [6.07, 6.45) is 0. The molecule has 1 heterocycles. The number of benzene rings is 2. The van der Waals surface area contributed by atoms with Gasteiger partial charge in [0.25, 0.3) is 5.69 Å². The molecule has 0 atom stereocenters. The maximum atomic E-state index is 11.6. The number of methoxy groups -OCH3 is 1. The molecule has 0 saturated heterocycles. The van der Waals surface area contributed by atoms with Gasteiger partial charge in [-0.2, -0.15) is 0 Å². The number of carbonyl (C=O) groups is 2. The number of nitro benzene ring substituents is 1. The van der Waals surface area contributed by atoms with Crippen molar-refractivity contribution in [3.63, 3.8) is 0 Å². The van der Waals surface area contributed by atoms with Gasteiger partial charge in [-0.3, -0.25) is 10.1 Å². The second-order valence-electron chi connectivity index (χ2n) is 5.87. The number of carbonyl (C=O) groups excluding carboxylic acids is 1. The molecule has 33 heavy (non-hydrogen) atoms. The number of ether oxygens (including phenoxy) is 2. The van der Waals surface area contributed by atoms with Crippen molar-refractivity contribution < 1.29 is 29.1 Å². The van der Waals surface area contributed by atoms with Crippen LogP contribution in [0.3, 0.4) is 0 Å². The number of hydrogen-bond acceptors (Lipinski definition) is 7. The van der Waals surface area contributed by atoms with Crippen molar-refractivity contribution >= 4 is 64.0 Å². The van der Waals surface area contributed by atoms with Crippen LogP contribution in [0.5, 0.6) is 11.5 Å². The molecule has 13 heteroatoms. The Bertz CT molecular complexity index is 1220. The van der Waals surface area contributed by atoms with Crippen molar-refractivity contribution in [3.8, 4) is 11.5 Å². The first-order valence-corrected chi connectivity index (χ1v) is 10.1. The fourth-order valence-corrected chi connectivity index (χ4v) is 3.05. The van der Waals surface area contributed by atoms with Gasteiger partial charge in [0.05, 0.1) is 22.1 Å². The molecule has 3 aromatic rings. The average Bonchev–Trinajstić information content (AvgIpc) is 2.77.